The highest BCUT2D eigenvalue weighted by molar-refractivity contribution is 5.88. The van der Waals surface area contributed by atoms with Crippen LogP contribution in [0.25, 0.3) is 0 Å². The number of ether oxygens (including phenoxy) is 2. The molecule has 0 unspecified atom stereocenters. The molecule has 1 aliphatic heterocycles. The molecule has 2 heterocycles. The fourth-order valence-electron chi connectivity index (χ4n) is 4.35. The Kier molecular flexibility index (Phi) is 9.26. The lowest BCUT2D eigenvalue weighted by Gasteiger charge is -2.37. The third-order valence-electron chi connectivity index (χ3n) is 6.66. The van der Waals surface area contributed by atoms with Crippen LogP contribution in [-0.2, 0) is 24.4 Å². The average molecular weight is 521 g/mol. The van der Waals surface area contributed by atoms with Gasteiger partial charge in [0.05, 0.1) is 18.4 Å². The highest BCUT2D eigenvalue weighted by Gasteiger charge is 2.27. The molecule has 0 saturated carbocycles. The number of amides is 2. The van der Waals surface area contributed by atoms with Crippen molar-refractivity contribution in [2.24, 2.45) is 0 Å². The van der Waals surface area contributed by atoms with Crippen molar-refractivity contribution in [2.75, 3.05) is 27.2 Å². The van der Waals surface area contributed by atoms with Crippen molar-refractivity contribution >= 4 is 12.0 Å². The summed E-state index contributed by atoms with van der Waals surface area (Å²) in [6.45, 7) is 2.94. The summed E-state index contributed by atoms with van der Waals surface area (Å²) in [5.74, 6) is -0.0510. The van der Waals surface area contributed by atoms with Crippen molar-refractivity contribution in [1.29, 1.82) is 0 Å². The number of rotatable bonds is 9. The Labute approximate surface area is 222 Å². The normalized spacial score (nSPS) is 14.1. The van der Waals surface area contributed by atoms with E-state index in [2.05, 4.69) is 27.0 Å². The van der Waals surface area contributed by atoms with Gasteiger partial charge in [-0.3, -0.25) is 4.98 Å². The Morgan fingerprint density at radius 3 is 2.34 bits per heavy atom. The second kappa shape index (κ2) is 13.0. The predicted molar refractivity (Wildman–Crippen MR) is 141 cm³/mol. The Morgan fingerprint density at radius 2 is 1.71 bits per heavy atom. The molecule has 8 nitrogen and oxygen atoms in total. The molecule has 2 aromatic carbocycles. The molecule has 1 aromatic heterocycles. The first-order chi connectivity index (χ1) is 18.4. The van der Waals surface area contributed by atoms with Crippen LogP contribution in [0.5, 0.6) is 5.75 Å². The lowest BCUT2D eigenvalue weighted by Crippen LogP contribution is -2.49. The number of piperidine rings is 1. The van der Waals surface area contributed by atoms with Crippen LogP contribution < -0.4 is 10.1 Å². The second-order valence-corrected chi connectivity index (χ2v) is 9.41. The number of carbonyl (C=O) groups is 2. The largest absolute Gasteiger partial charge is 0.487 e. The van der Waals surface area contributed by atoms with E-state index in [9.17, 15) is 14.0 Å². The number of carbonyl (C=O) groups excluding carboxylic acids is 2. The van der Waals surface area contributed by atoms with E-state index < -0.39 is 5.97 Å². The number of nitrogens with zero attached hydrogens (tertiary/aromatic N) is 3. The standard InChI is InChI=1S/C29H33FN4O4/c1-33-15-13-26(14-16-33)34(19-22-3-8-24(30)9-4-22)29(36)32-17-21-5-11-27(12-6-21)38-20-25-10-7-23(18-31-25)28(35)37-2/h3-12,18,26H,13-17,19-20H2,1-2H3,(H,32,36). The van der Waals surface area contributed by atoms with Gasteiger partial charge >= 0.3 is 12.0 Å². The number of hydrogen-bond donors (Lipinski definition) is 1. The first-order valence-corrected chi connectivity index (χ1v) is 12.6. The molecule has 9 heteroatoms. The minimum Gasteiger partial charge on any atom is -0.487 e. The van der Waals surface area contributed by atoms with Gasteiger partial charge in [0.25, 0.3) is 0 Å². The molecule has 1 fully saturated rings. The molecule has 38 heavy (non-hydrogen) atoms. The molecule has 0 aliphatic carbocycles. The third-order valence-corrected chi connectivity index (χ3v) is 6.66. The number of likely N-dealkylation sites (tertiary alicyclic amines) is 1. The number of halogens is 1. The Balaban J connectivity index is 1.31. The number of benzene rings is 2. The zero-order valence-corrected chi connectivity index (χ0v) is 21.7. The second-order valence-electron chi connectivity index (χ2n) is 9.41. The van der Waals surface area contributed by atoms with Gasteiger partial charge in [0, 0.05) is 25.3 Å². The SMILES string of the molecule is COC(=O)c1ccc(COc2ccc(CNC(=O)N(Cc3ccc(F)cc3)C3CCN(C)CC3)cc2)nc1. The topological polar surface area (TPSA) is 84.0 Å². The van der Waals surface area contributed by atoms with Crippen LogP contribution in [0.2, 0.25) is 0 Å². The highest BCUT2D eigenvalue weighted by atomic mass is 19.1. The van der Waals surface area contributed by atoms with Crippen LogP contribution in [0, 0.1) is 5.82 Å². The van der Waals surface area contributed by atoms with Crippen LogP contribution in [0.3, 0.4) is 0 Å². The zero-order chi connectivity index (χ0) is 26.9. The monoisotopic (exact) mass is 520 g/mol. The van der Waals surface area contributed by atoms with Gasteiger partial charge in [0.15, 0.2) is 0 Å². The molecule has 0 spiro atoms. The van der Waals surface area contributed by atoms with Crippen LogP contribution in [0.4, 0.5) is 9.18 Å². The smallest absolute Gasteiger partial charge is 0.339 e. The van der Waals surface area contributed by atoms with Gasteiger partial charge in [-0.05, 0) is 80.5 Å². The van der Waals surface area contributed by atoms with E-state index in [4.69, 9.17) is 4.74 Å². The minimum atomic E-state index is -0.433. The van der Waals surface area contributed by atoms with E-state index in [0.717, 1.165) is 37.1 Å². The van der Waals surface area contributed by atoms with Crippen LogP contribution in [0.1, 0.15) is 40.0 Å². The fourth-order valence-corrected chi connectivity index (χ4v) is 4.35. The number of esters is 1. The molecule has 2 amide bonds. The lowest BCUT2D eigenvalue weighted by molar-refractivity contribution is 0.0600. The maximum absolute atomic E-state index is 13.4. The van der Waals surface area contributed by atoms with Gasteiger partial charge < -0.3 is 24.6 Å². The number of nitrogens with one attached hydrogen (secondary N) is 1. The van der Waals surface area contributed by atoms with Gasteiger partial charge in [0.2, 0.25) is 0 Å². The van der Waals surface area contributed by atoms with E-state index >= 15 is 0 Å². The summed E-state index contributed by atoms with van der Waals surface area (Å²) in [5.41, 5.74) is 2.91. The van der Waals surface area contributed by atoms with Gasteiger partial charge in [0.1, 0.15) is 18.2 Å². The Bertz CT molecular complexity index is 1190. The van der Waals surface area contributed by atoms with E-state index in [-0.39, 0.29) is 24.5 Å². The molecular formula is C29H33FN4O4. The van der Waals surface area contributed by atoms with Crippen LogP contribution >= 0.6 is 0 Å². The third kappa shape index (κ3) is 7.52. The Morgan fingerprint density at radius 1 is 1.03 bits per heavy atom. The van der Waals surface area contributed by atoms with E-state index in [1.165, 1.54) is 25.4 Å². The molecule has 0 bridgehead atoms. The molecule has 1 saturated heterocycles. The van der Waals surface area contributed by atoms with Crippen LogP contribution in [0.15, 0.2) is 66.9 Å². The summed E-state index contributed by atoms with van der Waals surface area (Å²) in [4.78, 5) is 33.1. The maximum atomic E-state index is 13.4. The van der Waals surface area contributed by atoms with Gasteiger partial charge in [-0.2, -0.15) is 0 Å². The quantitative estimate of drug-likeness (QED) is 0.422. The van der Waals surface area contributed by atoms with E-state index in [0.29, 0.717) is 30.1 Å². The molecule has 3 aromatic rings. The van der Waals surface area contributed by atoms with Crippen molar-refractivity contribution in [3.63, 3.8) is 0 Å². The number of urea groups is 1. The summed E-state index contributed by atoms with van der Waals surface area (Å²) in [7, 11) is 3.42. The van der Waals surface area contributed by atoms with E-state index in [1.54, 1.807) is 24.3 Å². The summed E-state index contributed by atoms with van der Waals surface area (Å²) in [5, 5.41) is 3.05. The average Bonchev–Trinajstić information content (AvgIpc) is 2.95. The predicted octanol–water partition coefficient (Wildman–Crippen LogP) is 4.39. The van der Waals surface area contributed by atoms with Gasteiger partial charge in [-0.1, -0.05) is 24.3 Å². The van der Waals surface area contributed by atoms with Crippen molar-refractivity contribution < 1.29 is 23.5 Å². The number of pyridine rings is 1. The summed E-state index contributed by atoms with van der Waals surface area (Å²) in [6, 6.07) is 17.2. The van der Waals surface area contributed by atoms with Gasteiger partial charge in [-0.15, -0.1) is 0 Å². The minimum absolute atomic E-state index is 0.127. The van der Waals surface area contributed by atoms with Crippen molar-refractivity contribution in [3.05, 3.63) is 95.1 Å². The fraction of sp³-hybridized carbons (Fsp3) is 0.345. The summed E-state index contributed by atoms with van der Waals surface area (Å²) >= 11 is 0. The molecule has 200 valence electrons. The molecule has 4 rings (SSSR count). The zero-order valence-electron chi connectivity index (χ0n) is 21.7. The highest BCUT2D eigenvalue weighted by Crippen LogP contribution is 2.20. The number of methoxy groups -OCH3 is 1. The number of aromatic nitrogens is 1. The molecule has 1 aliphatic rings. The molecule has 0 radical (unpaired) electrons. The molecule has 1 N–H and O–H groups in total. The molecule has 0 atom stereocenters. The first kappa shape index (κ1) is 27.1. The van der Waals surface area contributed by atoms with Crippen molar-refractivity contribution in [3.8, 4) is 5.75 Å². The molecular weight excluding hydrogens is 487 g/mol. The van der Waals surface area contributed by atoms with Gasteiger partial charge in [-0.25, -0.2) is 14.0 Å². The van der Waals surface area contributed by atoms with Crippen molar-refractivity contribution in [2.45, 2.75) is 38.6 Å². The number of hydrogen-bond acceptors (Lipinski definition) is 6. The van der Waals surface area contributed by atoms with Crippen LogP contribution in [-0.4, -0.2) is 60.1 Å². The van der Waals surface area contributed by atoms with Crippen molar-refractivity contribution in [1.82, 2.24) is 20.1 Å². The first-order valence-electron chi connectivity index (χ1n) is 12.6. The summed E-state index contributed by atoms with van der Waals surface area (Å²) < 4.78 is 23.9. The Hall–Kier alpha value is -3.98. The van der Waals surface area contributed by atoms with E-state index in [1.807, 2.05) is 29.2 Å². The maximum Gasteiger partial charge on any atom is 0.339 e. The summed E-state index contributed by atoms with van der Waals surface area (Å²) in [6.07, 6.45) is 3.26. The lowest BCUT2D eigenvalue weighted by atomic mass is 10.0.